The Morgan fingerprint density at radius 3 is 2.73 bits per heavy atom. The zero-order chi connectivity index (χ0) is 18.4. The lowest BCUT2D eigenvalue weighted by Gasteiger charge is -2.12. The monoisotopic (exact) mass is 439 g/mol. The predicted molar refractivity (Wildman–Crippen MR) is 104 cm³/mol. The summed E-state index contributed by atoms with van der Waals surface area (Å²) >= 11 is 9.38. The highest BCUT2D eigenvalue weighted by Crippen LogP contribution is 2.27. The van der Waals surface area contributed by atoms with Crippen molar-refractivity contribution in [1.82, 2.24) is 0 Å². The van der Waals surface area contributed by atoms with Gasteiger partial charge in [-0.05, 0) is 55.3 Å². The van der Waals surface area contributed by atoms with Crippen LogP contribution in [0.3, 0.4) is 0 Å². The highest BCUT2D eigenvalue weighted by Gasteiger charge is 2.16. The first kappa shape index (κ1) is 19.0. The number of ether oxygens (including phenoxy) is 3. The molecule has 1 heterocycles. The van der Waals surface area contributed by atoms with E-state index in [2.05, 4.69) is 21.2 Å². The molecule has 3 rings (SSSR count). The molecule has 1 fully saturated rings. The molecular weight excluding hydrogens is 422 g/mol. The summed E-state index contributed by atoms with van der Waals surface area (Å²) < 4.78 is 17.5. The summed E-state index contributed by atoms with van der Waals surface area (Å²) in [5, 5.41) is 3.22. The lowest BCUT2D eigenvalue weighted by molar-refractivity contribution is -0.118. The summed E-state index contributed by atoms with van der Waals surface area (Å²) in [6.45, 7) is 1.23. The van der Waals surface area contributed by atoms with Crippen molar-refractivity contribution in [3.8, 4) is 11.5 Å². The number of hydrogen-bond donors (Lipinski definition) is 1. The van der Waals surface area contributed by atoms with E-state index in [1.54, 1.807) is 30.3 Å². The van der Waals surface area contributed by atoms with Crippen molar-refractivity contribution in [2.75, 3.05) is 25.1 Å². The van der Waals surface area contributed by atoms with Crippen LogP contribution in [-0.2, 0) is 9.53 Å². The minimum absolute atomic E-state index is 0.126. The van der Waals surface area contributed by atoms with Crippen molar-refractivity contribution in [1.29, 1.82) is 0 Å². The van der Waals surface area contributed by atoms with Gasteiger partial charge in [0.15, 0.2) is 6.61 Å². The predicted octanol–water partition coefficient (Wildman–Crippen LogP) is 4.68. The Morgan fingerprint density at radius 1 is 1.23 bits per heavy atom. The molecule has 7 heteroatoms. The molecule has 1 aliphatic heterocycles. The molecule has 0 radical (unpaired) electrons. The topological polar surface area (TPSA) is 56.8 Å². The molecule has 138 valence electrons. The first-order chi connectivity index (χ1) is 12.6. The number of carbonyl (C=O) groups is 1. The molecule has 1 N–H and O–H groups in total. The number of carbonyl (C=O) groups excluding carboxylic acids is 1. The van der Waals surface area contributed by atoms with Gasteiger partial charge in [0, 0.05) is 16.8 Å². The van der Waals surface area contributed by atoms with Crippen LogP contribution < -0.4 is 14.8 Å². The number of amides is 1. The van der Waals surface area contributed by atoms with Gasteiger partial charge in [-0.15, -0.1) is 0 Å². The Hall–Kier alpha value is -1.76. The average molecular weight is 441 g/mol. The van der Waals surface area contributed by atoms with Gasteiger partial charge in [-0.25, -0.2) is 0 Å². The van der Waals surface area contributed by atoms with E-state index in [0.29, 0.717) is 23.1 Å². The number of benzene rings is 2. The zero-order valence-electron chi connectivity index (χ0n) is 14.0. The molecular formula is C19H19BrClNO4. The maximum Gasteiger partial charge on any atom is 0.262 e. The van der Waals surface area contributed by atoms with Crippen LogP contribution in [0.1, 0.15) is 12.8 Å². The fraction of sp³-hybridized carbons (Fsp3) is 0.316. The zero-order valence-corrected chi connectivity index (χ0v) is 16.4. The maximum atomic E-state index is 12.0. The van der Waals surface area contributed by atoms with E-state index < -0.39 is 0 Å². The highest BCUT2D eigenvalue weighted by atomic mass is 79.9. The van der Waals surface area contributed by atoms with Gasteiger partial charge in [-0.2, -0.15) is 0 Å². The summed E-state index contributed by atoms with van der Waals surface area (Å²) in [6, 6.07) is 12.4. The summed E-state index contributed by atoms with van der Waals surface area (Å²) in [6.07, 6.45) is 2.31. The standard InChI is InChI=1S/C19H19BrClNO4/c20-13-3-8-18(17(21)10-13)26-12-19(23)22-14-4-6-15(7-5-14)25-11-16-2-1-9-24-16/h3-8,10,16H,1-2,9,11-12H2,(H,22,23). The van der Waals surface area contributed by atoms with Gasteiger partial charge in [0.1, 0.15) is 18.1 Å². The number of anilines is 1. The lowest BCUT2D eigenvalue weighted by atomic mass is 10.2. The van der Waals surface area contributed by atoms with Gasteiger partial charge in [-0.1, -0.05) is 27.5 Å². The fourth-order valence-corrected chi connectivity index (χ4v) is 3.26. The van der Waals surface area contributed by atoms with Crippen LogP contribution in [0.4, 0.5) is 5.69 Å². The SMILES string of the molecule is O=C(COc1ccc(Br)cc1Cl)Nc1ccc(OCC2CCCO2)cc1. The number of nitrogens with one attached hydrogen (secondary N) is 1. The largest absolute Gasteiger partial charge is 0.491 e. The van der Waals surface area contributed by atoms with E-state index in [1.165, 1.54) is 0 Å². The van der Waals surface area contributed by atoms with Crippen molar-refractivity contribution in [2.45, 2.75) is 18.9 Å². The third kappa shape index (κ3) is 5.62. The molecule has 1 saturated heterocycles. The first-order valence-electron chi connectivity index (χ1n) is 8.32. The summed E-state index contributed by atoms with van der Waals surface area (Å²) in [5.41, 5.74) is 0.671. The second-order valence-electron chi connectivity index (χ2n) is 5.88. The number of rotatable bonds is 7. The minimum atomic E-state index is -0.267. The van der Waals surface area contributed by atoms with Crippen LogP contribution >= 0.6 is 27.5 Å². The average Bonchev–Trinajstić information content (AvgIpc) is 3.14. The van der Waals surface area contributed by atoms with E-state index in [1.807, 2.05) is 12.1 Å². The second kappa shape index (κ2) is 9.26. The van der Waals surface area contributed by atoms with Crippen molar-refractivity contribution < 1.29 is 19.0 Å². The van der Waals surface area contributed by atoms with Gasteiger partial charge >= 0.3 is 0 Å². The molecule has 26 heavy (non-hydrogen) atoms. The summed E-state index contributed by atoms with van der Waals surface area (Å²) in [5.74, 6) is 0.941. The van der Waals surface area contributed by atoms with E-state index in [4.69, 9.17) is 25.8 Å². The Labute approximate surface area is 165 Å². The Bertz CT molecular complexity index is 748. The molecule has 0 saturated carbocycles. The molecule has 0 aromatic heterocycles. The molecule has 0 bridgehead atoms. The molecule has 5 nitrogen and oxygen atoms in total. The second-order valence-corrected chi connectivity index (χ2v) is 7.20. The molecule has 1 aliphatic rings. The van der Waals surface area contributed by atoms with Crippen LogP contribution in [-0.4, -0.2) is 31.8 Å². The van der Waals surface area contributed by atoms with Gasteiger partial charge in [0.25, 0.3) is 5.91 Å². The van der Waals surface area contributed by atoms with E-state index in [0.717, 1.165) is 29.7 Å². The Morgan fingerprint density at radius 2 is 2.04 bits per heavy atom. The quantitative estimate of drug-likeness (QED) is 0.679. The molecule has 0 spiro atoms. The smallest absolute Gasteiger partial charge is 0.262 e. The van der Waals surface area contributed by atoms with Crippen LogP contribution in [0.25, 0.3) is 0 Å². The molecule has 1 atom stereocenters. The van der Waals surface area contributed by atoms with Crippen LogP contribution in [0.5, 0.6) is 11.5 Å². The fourth-order valence-electron chi connectivity index (χ4n) is 2.53. The minimum Gasteiger partial charge on any atom is -0.491 e. The molecule has 2 aromatic rings. The van der Waals surface area contributed by atoms with Gasteiger partial charge in [0.05, 0.1) is 11.1 Å². The summed E-state index contributed by atoms with van der Waals surface area (Å²) in [7, 11) is 0. The van der Waals surface area contributed by atoms with Gasteiger partial charge < -0.3 is 19.5 Å². The van der Waals surface area contributed by atoms with Crippen LogP contribution in [0, 0.1) is 0 Å². The first-order valence-corrected chi connectivity index (χ1v) is 9.49. The van der Waals surface area contributed by atoms with Crippen LogP contribution in [0.2, 0.25) is 5.02 Å². The van der Waals surface area contributed by atoms with Crippen molar-refractivity contribution in [3.63, 3.8) is 0 Å². The highest BCUT2D eigenvalue weighted by molar-refractivity contribution is 9.10. The van der Waals surface area contributed by atoms with E-state index in [-0.39, 0.29) is 18.6 Å². The van der Waals surface area contributed by atoms with Crippen molar-refractivity contribution in [2.24, 2.45) is 0 Å². The molecule has 0 aliphatic carbocycles. The van der Waals surface area contributed by atoms with Crippen LogP contribution in [0.15, 0.2) is 46.9 Å². The third-order valence-electron chi connectivity index (χ3n) is 3.85. The van der Waals surface area contributed by atoms with Crippen molar-refractivity contribution >= 4 is 39.1 Å². The lowest BCUT2D eigenvalue weighted by Crippen LogP contribution is -2.20. The van der Waals surface area contributed by atoms with Crippen molar-refractivity contribution in [3.05, 3.63) is 52.0 Å². The van der Waals surface area contributed by atoms with Gasteiger partial charge in [-0.3, -0.25) is 4.79 Å². The molecule has 2 aromatic carbocycles. The Kier molecular flexibility index (Phi) is 6.77. The normalized spacial score (nSPS) is 16.3. The number of halogens is 2. The molecule has 1 unspecified atom stereocenters. The molecule has 1 amide bonds. The van der Waals surface area contributed by atoms with Gasteiger partial charge in [0.2, 0.25) is 0 Å². The third-order valence-corrected chi connectivity index (χ3v) is 4.64. The number of hydrogen-bond acceptors (Lipinski definition) is 4. The maximum absolute atomic E-state index is 12.0. The summed E-state index contributed by atoms with van der Waals surface area (Å²) in [4.78, 5) is 12.0. The van der Waals surface area contributed by atoms with E-state index in [9.17, 15) is 4.79 Å². The Balaban J connectivity index is 1.44. The van der Waals surface area contributed by atoms with E-state index >= 15 is 0 Å².